The van der Waals surface area contributed by atoms with E-state index in [4.69, 9.17) is 4.74 Å². The number of rotatable bonds is 7. The van der Waals surface area contributed by atoms with E-state index in [0.29, 0.717) is 6.42 Å². The first-order chi connectivity index (χ1) is 12.2. The van der Waals surface area contributed by atoms with E-state index in [-0.39, 0.29) is 23.9 Å². The highest BCUT2D eigenvalue weighted by molar-refractivity contribution is 5.70. The minimum Gasteiger partial charge on any atom is -0.508 e. The molecule has 0 aromatic heterocycles. The number of benzene rings is 2. The first-order valence-electron chi connectivity index (χ1n) is 8.97. The summed E-state index contributed by atoms with van der Waals surface area (Å²) in [6, 6.07) is 14.0. The van der Waals surface area contributed by atoms with Crippen molar-refractivity contribution in [2.45, 2.75) is 58.0 Å². The van der Waals surface area contributed by atoms with Crippen LogP contribution in [-0.2, 0) is 14.9 Å². The zero-order valence-corrected chi connectivity index (χ0v) is 16.0. The molecule has 140 valence electrons. The van der Waals surface area contributed by atoms with Gasteiger partial charge in [-0.05, 0) is 62.1 Å². The molecule has 0 spiro atoms. The average Bonchev–Trinajstić information content (AvgIpc) is 2.60. The lowest BCUT2D eigenvalue weighted by atomic mass is 9.73. The monoisotopic (exact) mass is 356 g/mol. The molecule has 0 aliphatic heterocycles. The summed E-state index contributed by atoms with van der Waals surface area (Å²) in [6.07, 6.45) is 1.59. The van der Waals surface area contributed by atoms with E-state index in [0.717, 1.165) is 17.5 Å². The second kappa shape index (κ2) is 7.81. The molecule has 2 rings (SSSR count). The SMILES string of the molecule is CCC(C)(C)OC(=O)CCC(C)(c1ccc(O)cc1)c1ccc(O)cc1. The van der Waals surface area contributed by atoms with Gasteiger partial charge in [0.05, 0.1) is 0 Å². The summed E-state index contributed by atoms with van der Waals surface area (Å²) in [6.45, 7) is 7.86. The van der Waals surface area contributed by atoms with Crippen LogP contribution in [0.25, 0.3) is 0 Å². The molecule has 0 radical (unpaired) electrons. The Morgan fingerprint density at radius 3 is 1.69 bits per heavy atom. The molecule has 0 amide bonds. The van der Waals surface area contributed by atoms with Gasteiger partial charge in [-0.15, -0.1) is 0 Å². The minimum atomic E-state index is -0.468. The van der Waals surface area contributed by atoms with Crippen molar-refractivity contribution in [3.63, 3.8) is 0 Å². The molecule has 0 fully saturated rings. The van der Waals surface area contributed by atoms with Gasteiger partial charge in [-0.1, -0.05) is 38.1 Å². The fourth-order valence-corrected chi connectivity index (χ4v) is 2.90. The van der Waals surface area contributed by atoms with Crippen molar-refractivity contribution in [3.8, 4) is 11.5 Å². The summed E-state index contributed by atoms with van der Waals surface area (Å²) in [5.41, 5.74) is 1.06. The van der Waals surface area contributed by atoms with Crippen molar-refractivity contribution in [1.82, 2.24) is 0 Å². The minimum absolute atomic E-state index is 0.200. The first-order valence-corrected chi connectivity index (χ1v) is 8.97. The molecule has 2 N–H and O–H groups in total. The molecule has 2 aromatic carbocycles. The molecule has 0 aliphatic carbocycles. The maximum atomic E-state index is 12.3. The van der Waals surface area contributed by atoms with Gasteiger partial charge in [-0.3, -0.25) is 4.79 Å². The van der Waals surface area contributed by atoms with Crippen LogP contribution in [0.4, 0.5) is 0 Å². The van der Waals surface area contributed by atoms with Crippen LogP contribution in [0.2, 0.25) is 0 Å². The zero-order valence-electron chi connectivity index (χ0n) is 16.0. The predicted molar refractivity (Wildman–Crippen MR) is 102 cm³/mol. The van der Waals surface area contributed by atoms with Crippen molar-refractivity contribution in [3.05, 3.63) is 59.7 Å². The fraction of sp³-hybridized carbons (Fsp3) is 0.409. The molecule has 2 aromatic rings. The zero-order chi connectivity index (χ0) is 19.4. The number of ether oxygens (including phenoxy) is 1. The van der Waals surface area contributed by atoms with E-state index < -0.39 is 11.0 Å². The average molecular weight is 356 g/mol. The van der Waals surface area contributed by atoms with Crippen LogP contribution in [0.3, 0.4) is 0 Å². The number of carbonyl (C=O) groups excluding carboxylic acids is 1. The van der Waals surface area contributed by atoms with E-state index in [2.05, 4.69) is 6.92 Å². The van der Waals surface area contributed by atoms with E-state index in [1.165, 1.54) is 0 Å². The second-order valence-corrected chi connectivity index (χ2v) is 7.51. The molecule has 4 heteroatoms. The molecule has 26 heavy (non-hydrogen) atoms. The number of carbonyl (C=O) groups is 1. The lowest BCUT2D eigenvalue weighted by molar-refractivity contribution is -0.157. The van der Waals surface area contributed by atoms with Crippen LogP contribution in [0.15, 0.2) is 48.5 Å². The number of aromatic hydroxyl groups is 2. The maximum absolute atomic E-state index is 12.3. The number of phenolic OH excluding ortho intramolecular Hbond substituents is 2. The Hall–Kier alpha value is -2.49. The predicted octanol–water partition coefficient (Wildman–Crippen LogP) is 4.92. The van der Waals surface area contributed by atoms with Crippen LogP contribution in [0.5, 0.6) is 11.5 Å². The van der Waals surface area contributed by atoms with Gasteiger partial charge in [-0.25, -0.2) is 0 Å². The van der Waals surface area contributed by atoms with Crippen molar-refractivity contribution in [2.24, 2.45) is 0 Å². The molecule has 0 heterocycles. The van der Waals surface area contributed by atoms with Crippen molar-refractivity contribution >= 4 is 5.97 Å². The van der Waals surface area contributed by atoms with Crippen molar-refractivity contribution in [2.75, 3.05) is 0 Å². The Balaban J connectivity index is 2.28. The summed E-state index contributed by atoms with van der Waals surface area (Å²) >= 11 is 0. The maximum Gasteiger partial charge on any atom is 0.306 e. The summed E-state index contributed by atoms with van der Waals surface area (Å²) in [4.78, 5) is 12.3. The molecular formula is C22H28O4. The molecule has 0 saturated carbocycles. The van der Waals surface area contributed by atoms with E-state index in [9.17, 15) is 15.0 Å². The molecule has 0 bridgehead atoms. The summed E-state index contributed by atoms with van der Waals surface area (Å²) in [5.74, 6) is 0.178. The molecule has 0 unspecified atom stereocenters. The van der Waals surface area contributed by atoms with Gasteiger partial charge < -0.3 is 14.9 Å². The highest BCUT2D eigenvalue weighted by atomic mass is 16.6. The third-order valence-electron chi connectivity index (χ3n) is 5.08. The van der Waals surface area contributed by atoms with E-state index in [1.807, 2.05) is 45.0 Å². The van der Waals surface area contributed by atoms with Crippen molar-refractivity contribution < 1.29 is 19.7 Å². The Morgan fingerprint density at radius 1 is 0.885 bits per heavy atom. The van der Waals surface area contributed by atoms with Gasteiger partial charge in [0.1, 0.15) is 17.1 Å². The standard InChI is InChI=1S/C22H28O4/c1-5-21(2,3)26-20(25)14-15-22(4,16-6-10-18(23)11-7-16)17-8-12-19(24)13-9-17/h6-13,23-24H,5,14-15H2,1-4H3. The lowest BCUT2D eigenvalue weighted by Gasteiger charge is -2.32. The third kappa shape index (κ3) is 4.78. The Kier molecular flexibility index (Phi) is 5.96. The molecule has 0 atom stereocenters. The Morgan fingerprint density at radius 2 is 1.31 bits per heavy atom. The molecule has 4 nitrogen and oxygen atoms in total. The van der Waals surface area contributed by atoms with Gasteiger partial charge in [0, 0.05) is 11.8 Å². The van der Waals surface area contributed by atoms with Crippen LogP contribution >= 0.6 is 0 Å². The Labute approximate surface area is 155 Å². The topological polar surface area (TPSA) is 66.8 Å². The molecule has 0 saturated heterocycles. The summed E-state index contributed by atoms with van der Waals surface area (Å²) < 4.78 is 5.57. The summed E-state index contributed by atoms with van der Waals surface area (Å²) in [7, 11) is 0. The second-order valence-electron chi connectivity index (χ2n) is 7.51. The highest BCUT2D eigenvalue weighted by Crippen LogP contribution is 2.38. The van der Waals surface area contributed by atoms with E-state index in [1.54, 1.807) is 24.3 Å². The number of esters is 1. The van der Waals surface area contributed by atoms with Gasteiger partial charge >= 0.3 is 5.97 Å². The first kappa shape index (κ1) is 19.8. The molecule has 0 aliphatic rings. The van der Waals surface area contributed by atoms with Gasteiger partial charge in [0.2, 0.25) is 0 Å². The van der Waals surface area contributed by atoms with Gasteiger partial charge in [0.15, 0.2) is 0 Å². The smallest absolute Gasteiger partial charge is 0.306 e. The van der Waals surface area contributed by atoms with Crippen molar-refractivity contribution in [1.29, 1.82) is 0 Å². The lowest BCUT2D eigenvalue weighted by Crippen LogP contribution is -2.29. The molecular weight excluding hydrogens is 328 g/mol. The summed E-state index contributed by atoms with van der Waals surface area (Å²) in [5, 5.41) is 19.2. The van der Waals surface area contributed by atoms with E-state index >= 15 is 0 Å². The third-order valence-corrected chi connectivity index (χ3v) is 5.08. The number of hydrogen-bond donors (Lipinski definition) is 2. The van der Waals surface area contributed by atoms with Crippen LogP contribution in [0, 0.1) is 0 Å². The normalized spacial score (nSPS) is 12.0. The number of hydrogen-bond acceptors (Lipinski definition) is 4. The largest absolute Gasteiger partial charge is 0.508 e. The quantitative estimate of drug-likeness (QED) is 0.691. The fourth-order valence-electron chi connectivity index (χ4n) is 2.90. The van der Waals surface area contributed by atoms with Crippen LogP contribution in [-0.4, -0.2) is 21.8 Å². The van der Waals surface area contributed by atoms with Crippen LogP contribution < -0.4 is 0 Å². The Bertz CT molecular complexity index is 684. The number of phenols is 2. The van der Waals surface area contributed by atoms with Gasteiger partial charge in [0.25, 0.3) is 0 Å². The van der Waals surface area contributed by atoms with Gasteiger partial charge in [-0.2, -0.15) is 0 Å². The van der Waals surface area contributed by atoms with Crippen LogP contribution in [0.1, 0.15) is 58.1 Å². The highest BCUT2D eigenvalue weighted by Gasteiger charge is 2.31.